The summed E-state index contributed by atoms with van der Waals surface area (Å²) in [5, 5.41) is 3.99. The third-order valence-electron chi connectivity index (χ3n) is 2.98. The van der Waals surface area contributed by atoms with Crippen LogP contribution in [0.2, 0.25) is 0 Å². The Labute approximate surface area is 122 Å². The third-order valence-corrected chi connectivity index (χ3v) is 2.98. The molecule has 6 nitrogen and oxygen atoms in total. The number of benzene rings is 1. The molecule has 3 aromatic rings. The van der Waals surface area contributed by atoms with Crippen molar-refractivity contribution >= 4 is 16.9 Å². The second-order valence-corrected chi connectivity index (χ2v) is 4.36. The van der Waals surface area contributed by atoms with Crippen LogP contribution in [0.4, 0.5) is 5.95 Å². The summed E-state index contributed by atoms with van der Waals surface area (Å²) in [5.74, 6) is 1.04. The molecule has 0 aliphatic rings. The summed E-state index contributed by atoms with van der Waals surface area (Å²) in [6.45, 7) is 2.40. The zero-order valence-corrected chi connectivity index (χ0v) is 11.9. The van der Waals surface area contributed by atoms with E-state index in [2.05, 4.69) is 25.3 Å². The van der Waals surface area contributed by atoms with Crippen molar-refractivity contribution in [3.63, 3.8) is 0 Å². The van der Waals surface area contributed by atoms with Gasteiger partial charge in [-0.25, -0.2) is 0 Å². The molecule has 0 atom stereocenters. The van der Waals surface area contributed by atoms with E-state index in [0.29, 0.717) is 24.4 Å². The fourth-order valence-corrected chi connectivity index (χ4v) is 2.00. The number of fused-ring (bicyclic) bond motifs is 1. The Bertz CT molecular complexity index is 775. The molecule has 0 amide bonds. The van der Waals surface area contributed by atoms with Gasteiger partial charge in [-0.3, -0.25) is 4.98 Å². The number of aromatic nitrogens is 4. The molecule has 2 heterocycles. The molecule has 0 saturated heterocycles. The molecule has 0 spiro atoms. The summed E-state index contributed by atoms with van der Waals surface area (Å²) in [7, 11) is 1.76. The van der Waals surface area contributed by atoms with Gasteiger partial charge in [-0.15, -0.1) is 0 Å². The molecule has 0 saturated carbocycles. The van der Waals surface area contributed by atoms with E-state index in [1.807, 2.05) is 37.3 Å². The highest BCUT2D eigenvalue weighted by atomic mass is 16.5. The predicted octanol–water partition coefficient (Wildman–Crippen LogP) is 2.53. The molecule has 0 unspecified atom stereocenters. The summed E-state index contributed by atoms with van der Waals surface area (Å²) in [4.78, 5) is 17.2. The molecule has 0 aliphatic heterocycles. The minimum atomic E-state index is 0.313. The number of nitrogens with zero attached hydrogens (tertiary/aromatic N) is 4. The Kier molecular flexibility index (Phi) is 3.59. The molecule has 1 N–H and O–H groups in total. The molecule has 1 aromatic carbocycles. The SMILES string of the molecule is CCOc1nc(NC)nc(-c2ccc3cccnc3c2)n1. The topological polar surface area (TPSA) is 72.8 Å². The van der Waals surface area contributed by atoms with Crippen LogP contribution in [-0.4, -0.2) is 33.6 Å². The summed E-state index contributed by atoms with van der Waals surface area (Å²) >= 11 is 0. The maximum absolute atomic E-state index is 5.38. The lowest BCUT2D eigenvalue weighted by molar-refractivity contribution is 0.312. The van der Waals surface area contributed by atoms with Crippen LogP contribution < -0.4 is 10.1 Å². The number of nitrogens with one attached hydrogen (secondary N) is 1. The van der Waals surface area contributed by atoms with Gasteiger partial charge in [0.25, 0.3) is 0 Å². The van der Waals surface area contributed by atoms with Crippen LogP contribution in [0.1, 0.15) is 6.92 Å². The number of pyridine rings is 1. The van der Waals surface area contributed by atoms with E-state index in [1.54, 1.807) is 13.2 Å². The van der Waals surface area contributed by atoms with Crippen LogP contribution in [-0.2, 0) is 0 Å². The maximum Gasteiger partial charge on any atom is 0.321 e. The van der Waals surface area contributed by atoms with Crippen LogP contribution in [0.3, 0.4) is 0 Å². The molecule has 0 radical (unpaired) electrons. The van der Waals surface area contributed by atoms with Crippen molar-refractivity contribution in [1.29, 1.82) is 0 Å². The maximum atomic E-state index is 5.38. The Morgan fingerprint density at radius 1 is 1.14 bits per heavy atom. The first kappa shape index (κ1) is 13.2. The van der Waals surface area contributed by atoms with Crippen LogP contribution in [0.25, 0.3) is 22.3 Å². The average Bonchev–Trinajstić information content (AvgIpc) is 2.54. The highest BCUT2D eigenvalue weighted by Crippen LogP contribution is 2.22. The van der Waals surface area contributed by atoms with Crippen LogP contribution in [0, 0.1) is 0 Å². The van der Waals surface area contributed by atoms with E-state index in [9.17, 15) is 0 Å². The van der Waals surface area contributed by atoms with E-state index < -0.39 is 0 Å². The molecule has 0 fully saturated rings. The van der Waals surface area contributed by atoms with Crippen molar-refractivity contribution < 1.29 is 4.74 Å². The van der Waals surface area contributed by atoms with Crippen molar-refractivity contribution in [3.8, 4) is 17.4 Å². The second kappa shape index (κ2) is 5.70. The summed E-state index contributed by atoms with van der Waals surface area (Å²) in [6.07, 6.45) is 1.77. The highest BCUT2D eigenvalue weighted by molar-refractivity contribution is 5.82. The molecular formula is C15H15N5O. The lowest BCUT2D eigenvalue weighted by atomic mass is 10.1. The van der Waals surface area contributed by atoms with Crippen molar-refractivity contribution in [2.24, 2.45) is 0 Å². The van der Waals surface area contributed by atoms with E-state index in [0.717, 1.165) is 16.5 Å². The van der Waals surface area contributed by atoms with Crippen molar-refractivity contribution in [2.45, 2.75) is 6.92 Å². The molecule has 106 valence electrons. The van der Waals surface area contributed by atoms with Gasteiger partial charge in [0, 0.05) is 24.2 Å². The minimum Gasteiger partial charge on any atom is -0.464 e. The van der Waals surface area contributed by atoms with Gasteiger partial charge < -0.3 is 10.1 Å². The molecular weight excluding hydrogens is 266 g/mol. The van der Waals surface area contributed by atoms with Gasteiger partial charge in [-0.05, 0) is 19.1 Å². The first-order valence-corrected chi connectivity index (χ1v) is 6.72. The molecule has 6 heteroatoms. The first-order valence-electron chi connectivity index (χ1n) is 6.72. The molecule has 0 bridgehead atoms. The van der Waals surface area contributed by atoms with Crippen molar-refractivity contribution in [1.82, 2.24) is 19.9 Å². The van der Waals surface area contributed by atoms with Gasteiger partial charge in [-0.1, -0.05) is 18.2 Å². The van der Waals surface area contributed by atoms with Crippen molar-refractivity contribution in [3.05, 3.63) is 36.5 Å². The predicted molar refractivity (Wildman–Crippen MR) is 81.3 cm³/mol. The summed E-state index contributed by atoms with van der Waals surface area (Å²) in [6, 6.07) is 10.2. The number of ether oxygens (including phenoxy) is 1. The van der Waals surface area contributed by atoms with E-state index >= 15 is 0 Å². The fraction of sp³-hybridized carbons (Fsp3) is 0.200. The monoisotopic (exact) mass is 281 g/mol. The Balaban J connectivity index is 2.10. The van der Waals surface area contributed by atoms with Crippen LogP contribution >= 0.6 is 0 Å². The van der Waals surface area contributed by atoms with E-state index in [1.165, 1.54) is 0 Å². The number of anilines is 1. The minimum absolute atomic E-state index is 0.313. The Morgan fingerprint density at radius 2 is 2.05 bits per heavy atom. The lowest BCUT2D eigenvalue weighted by Gasteiger charge is -2.07. The number of rotatable bonds is 4. The largest absolute Gasteiger partial charge is 0.464 e. The van der Waals surface area contributed by atoms with Crippen LogP contribution in [0.15, 0.2) is 36.5 Å². The smallest absolute Gasteiger partial charge is 0.321 e. The average molecular weight is 281 g/mol. The fourth-order valence-electron chi connectivity index (χ4n) is 2.00. The zero-order chi connectivity index (χ0) is 14.7. The summed E-state index contributed by atoms with van der Waals surface area (Å²) < 4.78 is 5.38. The normalized spacial score (nSPS) is 10.6. The molecule has 21 heavy (non-hydrogen) atoms. The number of hydrogen-bond donors (Lipinski definition) is 1. The van der Waals surface area contributed by atoms with Gasteiger partial charge >= 0.3 is 6.01 Å². The van der Waals surface area contributed by atoms with E-state index in [-0.39, 0.29) is 0 Å². The quantitative estimate of drug-likeness (QED) is 0.792. The lowest BCUT2D eigenvalue weighted by Crippen LogP contribution is -2.05. The van der Waals surface area contributed by atoms with Gasteiger partial charge in [0.1, 0.15) is 0 Å². The van der Waals surface area contributed by atoms with Gasteiger partial charge in [-0.2, -0.15) is 15.0 Å². The molecule has 3 rings (SSSR count). The Hall–Kier alpha value is -2.76. The number of hydrogen-bond acceptors (Lipinski definition) is 6. The Morgan fingerprint density at radius 3 is 2.86 bits per heavy atom. The molecule has 0 aliphatic carbocycles. The van der Waals surface area contributed by atoms with Gasteiger partial charge in [0.05, 0.1) is 12.1 Å². The standard InChI is InChI=1S/C15H15N5O/c1-3-21-15-19-13(18-14(16-2)20-15)11-7-6-10-5-4-8-17-12(10)9-11/h4-9H,3H2,1-2H3,(H,16,18,19,20). The van der Waals surface area contributed by atoms with Crippen LogP contribution in [0.5, 0.6) is 6.01 Å². The van der Waals surface area contributed by atoms with Gasteiger partial charge in [0.15, 0.2) is 5.82 Å². The van der Waals surface area contributed by atoms with Crippen molar-refractivity contribution in [2.75, 3.05) is 19.0 Å². The van der Waals surface area contributed by atoms with E-state index in [4.69, 9.17) is 4.74 Å². The zero-order valence-electron chi connectivity index (χ0n) is 11.9. The second-order valence-electron chi connectivity index (χ2n) is 4.36. The molecule has 2 aromatic heterocycles. The van der Waals surface area contributed by atoms with Gasteiger partial charge in [0.2, 0.25) is 5.95 Å². The third kappa shape index (κ3) is 2.74. The first-order chi connectivity index (χ1) is 10.3. The highest BCUT2D eigenvalue weighted by Gasteiger charge is 2.09. The summed E-state index contributed by atoms with van der Waals surface area (Å²) in [5.41, 5.74) is 1.78.